The molecule has 4 rings (SSSR count). The lowest BCUT2D eigenvalue weighted by atomic mass is 10.0. The summed E-state index contributed by atoms with van der Waals surface area (Å²) in [7, 11) is 1.61. The van der Waals surface area contributed by atoms with E-state index >= 15 is 0 Å². The largest absolute Gasteiger partial charge is 0.493 e. The van der Waals surface area contributed by atoms with Crippen molar-refractivity contribution in [3.05, 3.63) is 53.6 Å². The maximum atomic E-state index is 12.7. The van der Waals surface area contributed by atoms with Gasteiger partial charge in [0.05, 0.1) is 38.2 Å². The lowest BCUT2D eigenvalue weighted by molar-refractivity contribution is -0.132. The Labute approximate surface area is 218 Å². The van der Waals surface area contributed by atoms with Gasteiger partial charge in [0.15, 0.2) is 11.5 Å². The number of hydrogen-bond acceptors (Lipinski definition) is 7. The average molecular weight is 509 g/mol. The Hall–Kier alpha value is -3.59. The molecule has 0 aliphatic carbocycles. The minimum atomic E-state index is -0.365. The SMILES string of the molecule is CCOC(=O)N(c1ccc(CN2N=C(c3ccc(OC)c(OC(C)C)c3)CCC2=O)cc1)C1CCCN1. The Balaban J connectivity index is 1.52. The van der Waals surface area contributed by atoms with Crippen molar-refractivity contribution in [2.24, 2.45) is 5.10 Å². The van der Waals surface area contributed by atoms with Crippen LogP contribution in [0.5, 0.6) is 11.5 Å². The fourth-order valence-corrected chi connectivity index (χ4v) is 4.56. The predicted molar refractivity (Wildman–Crippen MR) is 142 cm³/mol. The number of methoxy groups -OCH3 is 1. The van der Waals surface area contributed by atoms with Crippen molar-refractivity contribution in [2.45, 2.75) is 65.3 Å². The molecular weight excluding hydrogens is 472 g/mol. The summed E-state index contributed by atoms with van der Waals surface area (Å²) < 4.78 is 16.6. The van der Waals surface area contributed by atoms with Crippen molar-refractivity contribution < 1.29 is 23.8 Å². The van der Waals surface area contributed by atoms with Gasteiger partial charge < -0.3 is 14.2 Å². The number of carbonyl (C=O) groups is 2. The second-order valence-electron chi connectivity index (χ2n) is 9.38. The molecule has 198 valence electrons. The fraction of sp³-hybridized carbons (Fsp3) is 0.464. The van der Waals surface area contributed by atoms with Gasteiger partial charge in [0, 0.05) is 24.1 Å². The summed E-state index contributed by atoms with van der Waals surface area (Å²) in [5, 5.41) is 9.56. The van der Waals surface area contributed by atoms with Gasteiger partial charge >= 0.3 is 6.09 Å². The highest BCUT2D eigenvalue weighted by atomic mass is 16.6. The molecule has 9 nitrogen and oxygen atoms in total. The van der Waals surface area contributed by atoms with E-state index in [1.54, 1.807) is 18.9 Å². The van der Waals surface area contributed by atoms with Crippen LogP contribution in [0.3, 0.4) is 0 Å². The first-order chi connectivity index (χ1) is 17.9. The molecule has 2 aromatic carbocycles. The summed E-state index contributed by atoms with van der Waals surface area (Å²) in [5.74, 6) is 1.29. The molecule has 0 bridgehead atoms. The van der Waals surface area contributed by atoms with Crippen molar-refractivity contribution in [2.75, 3.05) is 25.2 Å². The number of nitrogens with zero attached hydrogens (tertiary/aromatic N) is 3. The third-order valence-corrected chi connectivity index (χ3v) is 6.32. The number of amides is 2. The second kappa shape index (κ2) is 12.1. The molecule has 37 heavy (non-hydrogen) atoms. The maximum Gasteiger partial charge on any atom is 0.415 e. The molecule has 0 aromatic heterocycles. The van der Waals surface area contributed by atoms with Gasteiger partial charge in [-0.15, -0.1) is 0 Å². The topological polar surface area (TPSA) is 92.7 Å². The Kier molecular flexibility index (Phi) is 8.66. The quantitative estimate of drug-likeness (QED) is 0.529. The third kappa shape index (κ3) is 6.40. The molecule has 2 aliphatic heterocycles. The predicted octanol–water partition coefficient (Wildman–Crippen LogP) is 4.68. The van der Waals surface area contributed by atoms with Crippen LogP contribution in [0.4, 0.5) is 10.5 Å². The minimum absolute atomic E-state index is 0.00250. The molecule has 2 aliphatic rings. The zero-order chi connectivity index (χ0) is 26.4. The van der Waals surface area contributed by atoms with Crippen LogP contribution in [0.1, 0.15) is 57.6 Å². The van der Waals surface area contributed by atoms with Gasteiger partial charge in [0.2, 0.25) is 5.91 Å². The third-order valence-electron chi connectivity index (χ3n) is 6.32. The van der Waals surface area contributed by atoms with E-state index in [4.69, 9.17) is 14.2 Å². The van der Waals surface area contributed by atoms with E-state index in [0.29, 0.717) is 37.5 Å². The van der Waals surface area contributed by atoms with Gasteiger partial charge in [0.1, 0.15) is 0 Å². The van der Waals surface area contributed by atoms with Crippen LogP contribution in [-0.4, -0.2) is 55.3 Å². The molecule has 2 heterocycles. The molecule has 1 saturated heterocycles. The highest BCUT2D eigenvalue weighted by Gasteiger charge is 2.29. The molecule has 1 N–H and O–H groups in total. The molecule has 0 radical (unpaired) electrons. The van der Waals surface area contributed by atoms with Crippen molar-refractivity contribution in [1.29, 1.82) is 0 Å². The Bertz CT molecular complexity index is 1130. The molecule has 1 atom stereocenters. The smallest absolute Gasteiger partial charge is 0.415 e. The maximum absolute atomic E-state index is 12.7. The first kappa shape index (κ1) is 26.5. The number of anilines is 1. The van der Waals surface area contributed by atoms with Gasteiger partial charge in [-0.1, -0.05) is 12.1 Å². The van der Waals surface area contributed by atoms with Crippen LogP contribution in [0.25, 0.3) is 0 Å². The van der Waals surface area contributed by atoms with Crippen LogP contribution in [0.2, 0.25) is 0 Å². The van der Waals surface area contributed by atoms with Gasteiger partial charge in [-0.3, -0.25) is 15.0 Å². The Morgan fingerprint density at radius 1 is 1.16 bits per heavy atom. The highest BCUT2D eigenvalue weighted by Crippen LogP contribution is 2.31. The van der Waals surface area contributed by atoms with Crippen molar-refractivity contribution in [3.63, 3.8) is 0 Å². The molecule has 1 unspecified atom stereocenters. The van der Waals surface area contributed by atoms with E-state index in [2.05, 4.69) is 10.4 Å². The van der Waals surface area contributed by atoms with Gasteiger partial charge in [0.25, 0.3) is 0 Å². The Morgan fingerprint density at radius 3 is 2.59 bits per heavy atom. The van der Waals surface area contributed by atoms with E-state index in [-0.39, 0.29) is 24.3 Å². The number of hydrazone groups is 1. The standard InChI is InChI=1S/C28H36N4O5/c1-5-36-28(34)32(26-7-6-16-29-26)22-11-8-20(9-12-22)18-31-27(33)15-13-23(30-31)21-10-14-24(35-4)25(17-21)37-19(2)3/h8-12,14,17,19,26,29H,5-7,13,15-16,18H2,1-4H3. The summed E-state index contributed by atoms with van der Waals surface area (Å²) >= 11 is 0. The number of nitrogens with one attached hydrogen (secondary N) is 1. The lowest BCUT2D eigenvalue weighted by Crippen LogP contribution is -2.46. The molecule has 0 saturated carbocycles. The van der Waals surface area contributed by atoms with Crippen molar-refractivity contribution in [3.8, 4) is 11.5 Å². The zero-order valence-corrected chi connectivity index (χ0v) is 22.0. The average Bonchev–Trinajstić information content (AvgIpc) is 3.41. The normalized spacial score (nSPS) is 17.5. The van der Waals surface area contributed by atoms with E-state index < -0.39 is 0 Å². The molecular formula is C28H36N4O5. The zero-order valence-electron chi connectivity index (χ0n) is 22.0. The second-order valence-corrected chi connectivity index (χ2v) is 9.38. The number of carbonyl (C=O) groups excluding carboxylic acids is 2. The van der Waals surface area contributed by atoms with Crippen LogP contribution in [0, 0.1) is 0 Å². The van der Waals surface area contributed by atoms with Gasteiger partial charge in [-0.2, -0.15) is 5.10 Å². The van der Waals surface area contributed by atoms with Crippen LogP contribution in [0.15, 0.2) is 47.6 Å². The molecule has 9 heteroatoms. The van der Waals surface area contributed by atoms with Crippen LogP contribution >= 0.6 is 0 Å². The summed E-state index contributed by atoms with van der Waals surface area (Å²) in [4.78, 5) is 27.0. The molecule has 0 spiro atoms. The van der Waals surface area contributed by atoms with E-state index in [9.17, 15) is 9.59 Å². The number of benzene rings is 2. The molecule has 1 fully saturated rings. The summed E-state index contributed by atoms with van der Waals surface area (Å²) in [5.41, 5.74) is 3.40. The fourth-order valence-electron chi connectivity index (χ4n) is 4.56. The number of rotatable bonds is 9. The van der Waals surface area contributed by atoms with Crippen LogP contribution < -0.4 is 19.7 Å². The first-order valence-electron chi connectivity index (χ1n) is 12.9. The summed E-state index contributed by atoms with van der Waals surface area (Å²) in [6.45, 7) is 7.26. The molecule has 2 amide bonds. The number of hydrogen-bond donors (Lipinski definition) is 1. The monoisotopic (exact) mass is 508 g/mol. The summed E-state index contributed by atoms with van der Waals surface area (Å²) in [6, 6.07) is 13.4. The number of ether oxygens (including phenoxy) is 3. The lowest BCUT2D eigenvalue weighted by Gasteiger charge is -2.28. The highest BCUT2D eigenvalue weighted by molar-refractivity contribution is 6.04. The van der Waals surface area contributed by atoms with E-state index in [1.807, 2.05) is 56.3 Å². The van der Waals surface area contributed by atoms with Crippen LogP contribution in [-0.2, 0) is 16.1 Å². The minimum Gasteiger partial charge on any atom is -0.493 e. The van der Waals surface area contributed by atoms with Gasteiger partial charge in [-0.05, 0) is 76.1 Å². The summed E-state index contributed by atoms with van der Waals surface area (Å²) in [6.07, 6.45) is 2.37. The van der Waals surface area contributed by atoms with Crippen molar-refractivity contribution in [1.82, 2.24) is 10.3 Å². The van der Waals surface area contributed by atoms with Crippen molar-refractivity contribution >= 4 is 23.4 Å². The van der Waals surface area contributed by atoms with E-state index in [1.165, 1.54) is 5.01 Å². The Morgan fingerprint density at radius 2 is 1.95 bits per heavy atom. The van der Waals surface area contributed by atoms with Gasteiger partial charge in [-0.25, -0.2) is 9.80 Å². The first-order valence-corrected chi connectivity index (χ1v) is 12.9. The molecule has 2 aromatic rings. The van der Waals surface area contributed by atoms with E-state index in [0.717, 1.165) is 41.9 Å².